The van der Waals surface area contributed by atoms with Gasteiger partial charge < -0.3 is 19.2 Å². The summed E-state index contributed by atoms with van der Waals surface area (Å²) < 4.78 is 10.8. The molecule has 0 spiro atoms. The van der Waals surface area contributed by atoms with Crippen LogP contribution in [0.4, 0.5) is 0 Å². The van der Waals surface area contributed by atoms with E-state index in [4.69, 9.17) is 9.15 Å². The Labute approximate surface area is 144 Å². The van der Waals surface area contributed by atoms with E-state index in [-0.39, 0.29) is 11.9 Å². The Morgan fingerprint density at radius 3 is 3.17 bits per heavy atom. The van der Waals surface area contributed by atoms with Crippen molar-refractivity contribution in [1.82, 2.24) is 4.90 Å². The van der Waals surface area contributed by atoms with Crippen molar-refractivity contribution in [2.24, 2.45) is 0 Å². The maximum absolute atomic E-state index is 13.0. The molecule has 1 saturated heterocycles. The summed E-state index contributed by atoms with van der Waals surface area (Å²) in [5.74, 6) is 0.595. The molecule has 0 bridgehead atoms. The van der Waals surface area contributed by atoms with Crippen molar-refractivity contribution in [3.63, 3.8) is 0 Å². The molecule has 2 aromatic heterocycles. The lowest BCUT2D eigenvalue weighted by atomic mass is 10.0. The van der Waals surface area contributed by atoms with E-state index < -0.39 is 6.10 Å². The smallest absolute Gasteiger partial charge is 0.264 e. The van der Waals surface area contributed by atoms with Crippen molar-refractivity contribution in [3.8, 4) is 0 Å². The molecule has 1 fully saturated rings. The maximum atomic E-state index is 13.0. The number of furan rings is 1. The van der Waals surface area contributed by atoms with Gasteiger partial charge in [-0.3, -0.25) is 4.79 Å². The molecular weight excluding hydrogens is 326 g/mol. The molecule has 1 aliphatic heterocycles. The number of aliphatic hydroxyl groups excluding tert-OH is 1. The van der Waals surface area contributed by atoms with Gasteiger partial charge in [-0.1, -0.05) is 0 Å². The van der Waals surface area contributed by atoms with Gasteiger partial charge in [0.1, 0.15) is 11.9 Å². The fourth-order valence-corrected chi connectivity index (χ4v) is 4.76. The molecule has 128 valence electrons. The zero-order valence-corrected chi connectivity index (χ0v) is 14.3. The van der Waals surface area contributed by atoms with E-state index in [2.05, 4.69) is 6.07 Å². The van der Waals surface area contributed by atoms with Crippen molar-refractivity contribution in [2.45, 2.75) is 37.8 Å². The zero-order valence-electron chi connectivity index (χ0n) is 13.4. The van der Waals surface area contributed by atoms with E-state index >= 15 is 0 Å². The molecule has 5 nitrogen and oxygen atoms in total. The zero-order chi connectivity index (χ0) is 16.5. The van der Waals surface area contributed by atoms with E-state index in [1.807, 2.05) is 4.90 Å². The van der Waals surface area contributed by atoms with Gasteiger partial charge in [0.15, 0.2) is 0 Å². The van der Waals surface area contributed by atoms with Crippen LogP contribution in [0.3, 0.4) is 0 Å². The largest absolute Gasteiger partial charge is 0.467 e. The van der Waals surface area contributed by atoms with Crippen LogP contribution in [0.2, 0.25) is 0 Å². The lowest BCUT2D eigenvalue weighted by Crippen LogP contribution is -2.49. The highest BCUT2D eigenvalue weighted by Crippen LogP contribution is 2.32. The van der Waals surface area contributed by atoms with Gasteiger partial charge in [0.2, 0.25) is 0 Å². The predicted molar refractivity (Wildman–Crippen MR) is 90.3 cm³/mol. The molecule has 24 heavy (non-hydrogen) atoms. The first-order chi connectivity index (χ1) is 11.7. The van der Waals surface area contributed by atoms with Gasteiger partial charge in [-0.15, -0.1) is 11.3 Å². The molecule has 0 aromatic carbocycles. The third-order valence-corrected chi connectivity index (χ3v) is 6.04. The summed E-state index contributed by atoms with van der Waals surface area (Å²) in [7, 11) is 0. The molecule has 1 N–H and O–H groups in total. The van der Waals surface area contributed by atoms with Crippen molar-refractivity contribution >= 4 is 17.2 Å². The molecule has 4 rings (SSSR count). The number of hydrogen-bond donors (Lipinski definition) is 1. The van der Waals surface area contributed by atoms with Crippen molar-refractivity contribution in [1.29, 1.82) is 0 Å². The van der Waals surface area contributed by atoms with Crippen LogP contribution in [-0.2, 0) is 17.6 Å². The van der Waals surface area contributed by atoms with Crippen LogP contribution in [0, 0.1) is 0 Å². The summed E-state index contributed by atoms with van der Waals surface area (Å²) >= 11 is 1.63. The van der Waals surface area contributed by atoms with Gasteiger partial charge in [-0.25, -0.2) is 0 Å². The number of fused-ring (bicyclic) bond motifs is 1. The number of nitrogens with zero attached hydrogens (tertiary/aromatic N) is 1. The molecular formula is C18H21NO4S. The lowest BCUT2D eigenvalue weighted by Gasteiger charge is -2.36. The summed E-state index contributed by atoms with van der Waals surface area (Å²) in [6.07, 6.45) is 4.62. The van der Waals surface area contributed by atoms with Crippen molar-refractivity contribution < 1.29 is 19.1 Å². The van der Waals surface area contributed by atoms with Crippen LogP contribution in [0.25, 0.3) is 0 Å². The summed E-state index contributed by atoms with van der Waals surface area (Å²) in [6, 6.07) is 5.43. The highest BCUT2D eigenvalue weighted by molar-refractivity contribution is 7.14. The van der Waals surface area contributed by atoms with Crippen molar-refractivity contribution in [2.75, 3.05) is 19.8 Å². The predicted octanol–water partition coefficient (Wildman–Crippen LogP) is 2.79. The Kier molecular flexibility index (Phi) is 4.43. The summed E-state index contributed by atoms with van der Waals surface area (Å²) in [6.45, 7) is 1.57. The molecule has 2 unspecified atom stereocenters. The number of rotatable bonds is 4. The topological polar surface area (TPSA) is 62.9 Å². The van der Waals surface area contributed by atoms with Crippen LogP contribution in [0.1, 0.15) is 44.8 Å². The number of ether oxygens (including phenoxy) is 1. The molecule has 0 saturated carbocycles. The van der Waals surface area contributed by atoms with Crippen LogP contribution in [-0.4, -0.2) is 41.7 Å². The van der Waals surface area contributed by atoms with Crippen LogP contribution >= 0.6 is 11.3 Å². The highest BCUT2D eigenvalue weighted by Gasteiger charge is 2.32. The number of morpholine rings is 1. The number of aryl methyl sites for hydroxylation is 2. The van der Waals surface area contributed by atoms with E-state index in [1.54, 1.807) is 29.7 Å². The third-order valence-electron chi connectivity index (χ3n) is 4.81. The number of carbonyl (C=O) groups excluding carboxylic acids is 1. The van der Waals surface area contributed by atoms with Gasteiger partial charge in [0.25, 0.3) is 5.91 Å². The van der Waals surface area contributed by atoms with E-state index in [9.17, 15) is 9.90 Å². The molecule has 1 amide bonds. The molecule has 3 heterocycles. The normalized spacial score (nSPS) is 21.7. The minimum absolute atomic E-state index is 0.0642. The van der Waals surface area contributed by atoms with E-state index in [0.29, 0.717) is 31.9 Å². The summed E-state index contributed by atoms with van der Waals surface area (Å²) in [5, 5.41) is 10.3. The number of aliphatic hydroxyl groups is 1. The SMILES string of the molecule is O=C(c1cc2c(s1)CCC2)N1CCOCC1CC(O)c1ccco1. The fourth-order valence-electron chi connectivity index (χ4n) is 3.55. The number of amides is 1. The Morgan fingerprint density at radius 1 is 1.46 bits per heavy atom. The quantitative estimate of drug-likeness (QED) is 0.924. The van der Waals surface area contributed by atoms with Crippen LogP contribution in [0.15, 0.2) is 28.9 Å². The van der Waals surface area contributed by atoms with Gasteiger partial charge in [0.05, 0.1) is 30.4 Å². The first kappa shape index (κ1) is 15.9. The van der Waals surface area contributed by atoms with Gasteiger partial charge in [0, 0.05) is 17.8 Å². The third kappa shape index (κ3) is 3.01. The van der Waals surface area contributed by atoms with Gasteiger partial charge in [-0.2, -0.15) is 0 Å². The Balaban J connectivity index is 1.49. The van der Waals surface area contributed by atoms with E-state index in [0.717, 1.165) is 17.7 Å². The Bertz CT molecular complexity index is 687. The average molecular weight is 347 g/mol. The molecule has 6 heteroatoms. The number of carbonyl (C=O) groups is 1. The highest BCUT2D eigenvalue weighted by atomic mass is 32.1. The maximum Gasteiger partial charge on any atom is 0.264 e. The van der Waals surface area contributed by atoms with Crippen LogP contribution in [0.5, 0.6) is 0 Å². The summed E-state index contributed by atoms with van der Waals surface area (Å²) in [4.78, 5) is 17.0. The average Bonchev–Trinajstić information content (AvgIpc) is 3.31. The molecule has 2 aliphatic rings. The molecule has 0 radical (unpaired) electrons. The van der Waals surface area contributed by atoms with Crippen LogP contribution < -0.4 is 0 Å². The molecule has 2 atom stereocenters. The summed E-state index contributed by atoms with van der Waals surface area (Å²) in [5.41, 5.74) is 1.34. The molecule has 2 aromatic rings. The first-order valence-electron chi connectivity index (χ1n) is 8.44. The number of thiophene rings is 1. The monoisotopic (exact) mass is 347 g/mol. The lowest BCUT2D eigenvalue weighted by molar-refractivity contribution is -0.0193. The minimum Gasteiger partial charge on any atom is -0.467 e. The van der Waals surface area contributed by atoms with Gasteiger partial charge in [-0.05, 0) is 43.0 Å². The molecule has 1 aliphatic carbocycles. The minimum atomic E-state index is -0.727. The Morgan fingerprint density at radius 2 is 2.38 bits per heavy atom. The van der Waals surface area contributed by atoms with Gasteiger partial charge >= 0.3 is 0 Å². The Hall–Kier alpha value is -1.63. The second kappa shape index (κ2) is 6.70. The first-order valence-corrected chi connectivity index (χ1v) is 9.26. The fraction of sp³-hybridized carbons (Fsp3) is 0.500. The number of hydrogen-bond acceptors (Lipinski definition) is 5. The van der Waals surface area contributed by atoms with E-state index in [1.165, 1.54) is 16.9 Å². The standard InChI is InChI=1S/C18H21NO4S/c20-14(15-4-2-7-23-15)10-13-11-22-8-6-19(13)18(21)17-9-12-3-1-5-16(12)24-17/h2,4,7,9,13-14,20H,1,3,5-6,8,10-11H2. The van der Waals surface area contributed by atoms with Crippen molar-refractivity contribution in [3.05, 3.63) is 45.5 Å². The second-order valence-electron chi connectivity index (χ2n) is 6.41. The second-order valence-corrected chi connectivity index (χ2v) is 7.54.